The van der Waals surface area contributed by atoms with Crippen LogP contribution in [0.1, 0.15) is 88.1 Å². The van der Waals surface area contributed by atoms with Gasteiger partial charge in [-0.1, -0.05) is 0 Å². The maximum atomic E-state index is 12.3. The molecule has 2 aliphatic rings. The number of hydrogen-bond donors (Lipinski definition) is 3. The highest BCUT2D eigenvalue weighted by Gasteiger charge is 2.34. The summed E-state index contributed by atoms with van der Waals surface area (Å²) in [5, 5.41) is 19.1. The van der Waals surface area contributed by atoms with Crippen molar-refractivity contribution in [1.82, 2.24) is 4.90 Å². The van der Waals surface area contributed by atoms with Crippen molar-refractivity contribution < 1.29 is 19.4 Å². The summed E-state index contributed by atoms with van der Waals surface area (Å²) in [4.78, 5) is 15.3. The lowest BCUT2D eigenvalue weighted by Crippen LogP contribution is -2.43. The Morgan fingerprint density at radius 3 is 2.52 bits per heavy atom. The number of ether oxygens (including phenoxy) is 2. The van der Waals surface area contributed by atoms with E-state index in [9.17, 15) is 9.90 Å². The smallest absolute Gasteiger partial charge is 0.410 e. The average Bonchev–Trinajstić information content (AvgIpc) is 3.18. The minimum absolute atomic E-state index is 0.0534. The minimum Gasteiger partial charge on any atom is -0.474 e. The van der Waals surface area contributed by atoms with Crippen LogP contribution in [0.15, 0.2) is 0 Å². The molecule has 0 aliphatic heterocycles. The number of thiophene rings is 1. The molecule has 2 atom stereocenters. The predicted molar refractivity (Wildman–Crippen MR) is 124 cm³/mol. The topological polar surface area (TPSA) is 109 Å². The minimum atomic E-state index is -0.507. The van der Waals surface area contributed by atoms with E-state index in [1.165, 1.54) is 4.88 Å². The van der Waals surface area contributed by atoms with Gasteiger partial charge < -0.3 is 25.2 Å². The number of rotatable bonds is 5. The van der Waals surface area contributed by atoms with Crippen molar-refractivity contribution in [1.29, 1.82) is 5.41 Å². The standard InChI is InChI=1S/C23H37N3O4S/c1-13(27)12-14-6-11-17-18(14)19(21(25)31-17)20(24)29-16-9-7-15(8-10-16)26(5)22(28)30-23(2,3)4/h13-16,24,27H,6-12,25H2,1-5H3/t13-,14+,15?,16?/m0/s1. The third-order valence-electron chi connectivity index (χ3n) is 6.19. The molecule has 7 nitrogen and oxygen atoms in total. The predicted octanol–water partition coefficient (Wildman–Crippen LogP) is 4.65. The first kappa shape index (κ1) is 23.9. The number of aliphatic hydroxyl groups is 1. The number of aliphatic hydroxyl groups excluding tert-OH is 1. The molecule has 1 heterocycles. The van der Waals surface area contributed by atoms with Crippen molar-refractivity contribution in [2.75, 3.05) is 12.8 Å². The summed E-state index contributed by atoms with van der Waals surface area (Å²) in [5.74, 6) is 0.386. The lowest BCUT2D eigenvalue weighted by Gasteiger charge is -2.35. The van der Waals surface area contributed by atoms with E-state index < -0.39 is 5.60 Å². The summed E-state index contributed by atoms with van der Waals surface area (Å²) < 4.78 is 11.6. The highest BCUT2D eigenvalue weighted by atomic mass is 32.1. The van der Waals surface area contributed by atoms with Crippen LogP contribution in [-0.2, 0) is 15.9 Å². The molecular formula is C23H37N3O4S. The molecule has 1 fully saturated rings. The fourth-order valence-electron chi connectivity index (χ4n) is 4.72. The van der Waals surface area contributed by atoms with Crippen molar-refractivity contribution in [3.8, 4) is 0 Å². The second-order valence-corrected chi connectivity index (χ2v) is 11.1. The molecule has 0 radical (unpaired) electrons. The number of amides is 1. The molecule has 0 spiro atoms. The van der Waals surface area contributed by atoms with Crippen LogP contribution in [0, 0.1) is 5.41 Å². The number of hydrogen-bond acceptors (Lipinski definition) is 7. The zero-order valence-electron chi connectivity index (χ0n) is 19.4. The Morgan fingerprint density at radius 2 is 1.94 bits per heavy atom. The van der Waals surface area contributed by atoms with E-state index in [2.05, 4.69) is 0 Å². The summed E-state index contributed by atoms with van der Waals surface area (Å²) in [6.07, 6.45) is 5.10. The summed E-state index contributed by atoms with van der Waals surface area (Å²) in [7, 11) is 1.79. The number of aryl methyl sites for hydroxylation is 1. The largest absolute Gasteiger partial charge is 0.474 e. The lowest BCUT2D eigenvalue weighted by molar-refractivity contribution is 0.0132. The number of nitrogens with one attached hydrogen (secondary N) is 1. The van der Waals surface area contributed by atoms with E-state index in [0.717, 1.165) is 49.7 Å². The number of nitrogen functional groups attached to an aromatic ring is 1. The van der Waals surface area contributed by atoms with E-state index in [1.807, 2.05) is 27.7 Å². The zero-order valence-corrected chi connectivity index (χ0v) is 20.2. The van der Waals surface area contributed by atoms with E-state index in [-0.39, 0.29) is 36.2 Å². The molecule has 1 aromatic rings. The Kier molecular flexibility index (Phi) is 7.21. The van der Waals surface area contributed by atoms with Gasteiger partial charge in [-0.15, -0.1) is 11.3 Å². The van der Waals surface area contributed by atoms with Crippen molar-refractivity contribution in [2.24, 2.45) is 0 Å². The van der Waals surface area contributed by atoms with E-state index in [0.29, 0.717) is 11.4 Å². The molecular weight excluding hydrogens is 414 g/mol. The highest BCUT2D eigenvalue weighted by Crippen LogP contribution is 2.46. The quantitative estimate of drug-likeness (QED) is 0.446. The van der Waals surface area contributed by atoms with Crippen molar-refractivity contribution >= 4 is 28.3 Å². The maximum absolute atomic E-state index is 12.3. The monoisotopic (exact) mass is 451 g/mol. The van der Waals surface area contributed by atoms with Crippen LogP contribution in [0.5, 0.6) is 0 Å². The number of carbonyl (C=O) groups excluding carboxylic acids is 1. The number of fused-ring (bicyclic) bond motifs is 1. The molecule has 1 aromatic heterocycles. The second kappa shape index (κ2) is 9.36. The Labute approximate surface area is 189 Å². The molecule has 174 valence electrons. The Morgan fingerprint density at radius 1 is 1.29 bits per heavy atom. The molecule has 3 rings (SSSR count). The van der Waals surface area contributed by atoms with Crippen molar-refractivity contribution in [3.63, 3.8) is 0 Å². The maximum Gasteiger partial charge on any atom is 0.410 e. The van der Waals surface area contributed by atoms with Crippen molar-refractivity contribution in [2.45, 2.75) is 102 Å². The molecule has 0 unspecified atom stereocenters. The van der Waals surface area contributed by atoms with E-state index in [4.69, 9.17) is 20.6 Å². The molecule has 4 N–H and O–H groups in total. The fourth-order valence-corrected chi connectivity index (χ4v) is 5.89. The van der Waals surface area contributed by atoms with E-state index >= 15 is 0 Å². The van der Waals surface area contributed by atoms with Crippen LogP contribution in [0.4, 0.5) is 9.80 Å². The van der Waals surface area contributed by atoms with Gasteiger partial charge in [0.2, 0.25) is 5.90 Å². The molecule has 0 saturated heterocycles. The van der Waals surface area contributed by atoms with Crippen LogP contribution < -0.4 is 5.73 Å². The highest BCUT2D eigenvalue weighted by molar-refractivity contribution is 7.16. The fraction of sp³-hybridized carbons (Fsp3) is 0.739. The van der Waals surface area contributed by atoms with Crippen LogP contribution in [0.25, 0.3) is 0 Å². The van der Waals surface area contributed by atoms with Crippen LogP contribution in [0.2, 0.25) is 0 Å². The Bertz CT molecular complexity index is 806. The Balaban J connectivity index is 1.58. The van der Waals surface area contributed by atoms with E-state index in [1.54, 1.807) is 23.3 Å². The zero-order chi connectivity index (χ0) is 22.9. The normalized spacial score (nSPS) is 24.4. The summed E-state index contributed by atoms with van der Waals surface area (Å²) in [6, 6.07) is 0.120. The van der Waals surface area contributed by atoms with Gasteiger partial charge in [-0.05, 0) is 84.1 Å². The molecule has 0 bridgehead atoms. The van der Waals surface area contributed by atoms with Gasteiger partial charge in [0, 0.05) is 18.0 Å². The van der Waals surface area contributed by atoms with Gasteiger partial charge in [-0.25, -0.2) is 4.79 Å². The van der Waals surface area contributed by atoms with Gasteiger partial charge in [0.05, 0.1) is 16.7 Å². The second-order valence-electron chi connectivity index (χ2n) is 9.97. The SMILES string of the molecule is C[C@H](O)C[C@H]1CCc2sc(N)c(C(=N)OC3CCC(N(C)C(=O)OC(C)(C)C)CC3)c21. The van der Waals surface area contributed by atoms with Gasteiger partial charge in [-0.2, -0.15) is 0 Å². The summed E-state index contributed by atoms with van der Waals surface area (Å²) >= 11 is 1.55. The number of nitrogens with two attached hydrogens (primary N) is 1. The molecule has 2 aliphatic carbocycles. The molecule has 31 heavy (non-hydrogen) atoms. The summed E-state index contributed by atoms with van der Waals surface area (Å²) in [6.45, 7) is 7.41. The molecule has 1 saturated carbocycles. The third-order valence-corrected chi connectivity index (χ3v) is 7.28. The van der Waals surface area contributed by atoms with Crippen LogP contribution in [-0.4, -0.2) is 52.9 Å². The number of carbonyl (C=O) groups is 1. The van der Waals surface area contributed by atoms with Gasteiger partial charge >= 0.3 is 6.09 Å². The average molecular weight is 452 g/mol. The van der Waals surface area contributed by atoms with Gasteiger partial charge in [0.25, 0.3) is 0 Å². The summed E-state index contributed by atoms with van der Waals surface area (Å²) in [5.41, 5.74) is 7.62. The number of nitrogens with zero attached hydrogens (tertiary/aromatic N) is 1. The molecule has 0 aromatic carbocycles. The van der Waals surface area contributed by atoms with Crippen LogP contribution in [0.3, 0.4) is 0 Å². The van der Waals surface area contributed by atoms with Gasteiger partial charge in [-0.3, -0.25) is 5.41 Å². The van der Waals surface area contributed by atoms with Crippen molar-refractivity contribution in [3.05, 3.63) is 16.0 Å². The van der Waals surface area contributed by atoms with Crippen LogP contribution >= 0.6 is 11.3 Å². The Hall–Kier alpha value is -1.80. The molecule has 1 amide bonds. The first-order chi connectivity index (χ1) is 14.5. The lowest BCUT2D eigenvalue weighted by atomic mass is 9.91. The molecule has 8 heteroatoms. The first-order valence-corrected chi connectivity index (χ1v) is 12.1. The third kappa shape index (κ3) is 5.71. The van der Waals surface area contributed by atoms with Gasteiger partial charge in [0.1, 0.15) is 11.7 Å². The first-order valence-electron chi connectivity index (χ1n) is 11.3. The van der Waals surface area contributed by atoms with Gasteiger partial charge in [0.15, 0.2) is 0 Å². The number of anilines is 1.